The molecule has 0 unspecified atom stereocenters. The molecule has 0 bridgehead atoms. The molecule has 0 radical (unpaired) electrons. The molecule has 1 aromatic heterocycles. The van der Waals surface area contributed by atoms with E-state index < -0.39 is 18.2 Å². The molecule has 0 spiro atoms. The fourth-order valence-corrected chi connectivity index (χ4v) is 4.91. The number of methoxy groups -OCH3 is 1. The molecule has 13 heteroatoms. The lowest BCUT2D eigenvalue weighted by atomic mass is 10.0. The van der Waals surface area contributed by atoms with E-state index in [1.165, 1.54) is 4.90 Å². The van der Waals surface area contributed by atoms with Crippen LogP contribution < -0.4 is 25.4 Å². The zero-order valence-corrected chi connectivity index (χ0v) is 25.8. The van der Waals surface area contributed by atoms with E-state index in [0.717, 1.165) is 0 Å². The van der Waals surface area contributed by atoms with Crippen molar-refractivity contribution < 1.29 is 33.5 Å². The fourth-order valence-electron chi connectivity index (χ4n) is 4.91. The number of benzene rings is 2. The minimum absolute atomic E-state index is 0.00604. The van der Waals surface area contributed by atoms with E-state index in [-0.39, 0.29) is 37.4 Å². The van der Waals surface area contributed by atoms with Gasteiger partial charge in [-0.2, -0.15) is 0 Å². The van der Waals surface area contributed by atoms with Crippen LogP contribution in [0.25, 0.3) is 0 Å². The van der Waals surface area contributed by atoms with E-state index >= 15 is 0 Å². The van der Waals surface area contributed by atoms with Gasteiger partial charge in [-0.15, -0.1) is 0 Å². The molecule has 3 atom stereocenters. The van der Waals surface area contributed by atoms with Crippen LogP contribution in [0, 0.1) is 19.8 Å². The smallest absolute Gasteiger partial charge is 0.323 e. The van der Waals surface area contributed by atoms with Gasteiger partial charge in [-0.3, -0.25) is 4.79 Å². The number of fused-ring (bicyclic) bond motifs is 1. The average molecular weight is 609 g/mol. The first-order chi connectivity index (χ1) is 21.0. The van der Waals surface area contributed by atoms with Crippen LogP contribution in [0.1, 0.15) is 30.9 Å². The predicted octanol–water partition coefficient (Wildman–Crippen LogP) is 4.26. The minimum atomic E-state index is -0.499. The molecule has 0 saturated carbocycles. The molecule has 5 amide bonds. The van der Waals surface area contributed by atoms with E-state index in [4.69, 9.17) is 14.0 Å². The zero-order valence-electron chi connectivity index (χ0n) is 25.8. The number of carbonyl (C=O) groups excluding carboxylic acids is 3. The summed E-state index contributed by atoms with van der Waals surface area (Å²) >= 11 is 0. The van der Waals surface area contributed by atoms with Crippen LogP contribution in [0.2, 0.25) is 0 Å². The minimum Gasteiger partial charge on any atom is -0.497 e. The molecule has 0 fully saturated rings. The highest BCUT2D eigenvalue weighted by molar-refractivity contribution is 6.00. The van der Waals surface area contributed by atoms with Gasteiger partial charge in [-0.1, -0.05) is 12.1 Å². The van der Waals surface area contributed by atoms with Crippen LogP contribution >= 0.6 is 0 Å². The maximum absolute atomic E-state index is 13.5. The summed E-state index contributed by atoms with van der Waals surface area (Å²) in [6.07, 6.45) is -0.505. The number of ether oxygens (including phenoxy) is 2. The molecule has 4 N–H and O–H groups in total. The maximum Gasteiger partial charge on any atom is 0.323 e. The number of rotatable bonds is 8. The summed E-state index contributed by atoms with van der Waals surface area (Å²) in [4.78, 5) is 42.5. The Kier molecular flexibility index (Phi) is 10.3. The summed E-state index contributed by atoms with van der Waals surface area (Å²) in [6.45, 7) is 7.49. The Morgan fingerprint density at radius 2 is 1.84 bits per heavy atom. The predicted molar refractivity (Wildman–Crippen MR) is 165 cm³/mol. The summed E-state index contributed by atoms with van der Waals surface area (Å²) in [5, 5.41) is 22.1. The first-order valence-corrected chi connectivity index (χ1v) is 14.4. The number of aromatic nitrogens is 1. The third-order valence-electron chi connectivity index (χ3n) is 7.59. The largest absolute Gasteiger partial charge is 0.497 e. The van der Waals surface area contributed by atoms with Gasteiger partial charge >= 0.3 is 12.1 Å². The standard InChI is InChI=1S/C31H40N6O7/c1-18-15-37(19(2)17-38)28(39)14-22-13-24(32-30(40)34-29-20(3)35-44-21(29)4)9-12-26(22)43-27(18)16-36(5)31(41)33-23-7-10-25(42-6)11-8-23/h7-13,18-19,27,38H,14-17H2,1-6H3,(H,33,41)(H2,32,34,40)/t18-,19+,27+/m1/s1. The van der Waals surface area contributed by atoms with Gasteiger partial charge in [0.15, 0.2) is 5.76 Å². The molecule has 13 nitrogen and oxygen atoms in total. The Balaban J connectivity index is 1.55. The van der Waals surface area contributed by atoms with Crippen LogP contribution in [0.15, 0.2) is 47.0 Å². The summed E-state index contributed by atoms with van der Waals surface area (Å²) in [7, 11) is 3.25. The van der Waals surface area contributed by atoms with E-state index in [9.17, 15) is 19.5 Å². The molecular weight excluding hydrogens is 568 g/mol. The highest BCUT2D eigenvalue weighted by Gasteiger charge is 2.32. The second-order valence-electron chi connectivity index (χ2n) is 11.0. The summed E-state index contributed by atoms with van der Waals surface area (Å²) in [5.41, 5.74) is 2.65. The Hall–Kier alpha value is -4.78. The SMILES string of the molecule is COc1ccc(NC(=O)N(C)C[C@@H]2Oc3ccc(NC(=O)Nc4c(C)noc4C)cc3CC(=O)N([C@@H](C)CO)C[C@H]2C)cc1. The van der Waals surface area contributed by atoms with Crippen molar-refractivity contribution in [3.63, 3.8) is 0 Å². The lowest BCUT2D eigenvalue weighted by Gasteiger charge is -2.34. The van der Waals surface area contributed by atoms with Gasteiger partial charge < -0.3 is 44.9 Å². The number of nitrogens with zero attached hydrogens (tertiary/aromatic N) is 3. The van der Waals surface area contributed by atoms with Crippen molar-refractivity contribution in [1.82, 2.24) is 15.0 Å². The fraction of sp³-hybridized carbons (Fsp3) is 0.419. The lowest BCUT2D eigenvalue weighted by Crippen LogP contribution is -2.48. The third kappa shape index (κ3) is 7.78. The molecule has 0 aliphatic carbocycles. The molecule has 4 rings (SSSR count). The van der Waals surface area contributed by atoms with Crippen LogP contribution in [0.3, 0.4) is 0 Å². The summed E-state index contributed by atoms with van der Waals surface area (Å²) in [5.74, 6) is 1.24. The van der Waals surface area contributed by atoms with Gasteiger partial charge in [-0.05, 0) is 63.2 Å². The topological polar surface area (TPSA) is 158 Å². The Morgan fingerprint density at radius 1 is 1.14 bits per heavy atom. The number of likely N-dealkylation sites (N-methyl/N-ethyl adjacent to an activating group) is 1. The number of amides is 5. The number of aryl methyl sites for hydroxylation is 2. The van der Waals surface area contributed by atoms with Gasteiger partial charge in [0.05, 0.1) is 32.7 Å². The second-order valence-corrected chi connectivity index (χ2v) is 11.0. The number of carbonyl (C=O) groups is 3. The zero-order chi connectivity index (χ0) is 32.0. The Morgan fingerprint density at radius 3 is 2.48 bits per heavy atom. The van der Waals surface area contributed by atoms with Crippen LogP contribution in [0.5, 0.6) is 11.5 Å². The molecule has 236 valence electrons. The van der Waals surface area contributed by atoms with E-state index in [0.29, 0.717) is 52.1 Å². The average Bonchev–Trinajstić information content (AvgIpc) is 3.33. The van der Waals surface area contributed by atoms with Crippen molar-refractivity contribution in [2.24, 2.45) is 5.92 Å². The number of aliphatic hydroxyl groups excluding tert-OH is 1. The molecular formula is C31H40N6O7. The molecule has 0 saturated heterocycles. The highest BCUT2D eigenvalue weighted by Crippen LogP contribution is 2.30. The van der Waals surface area contributed by atoms with Crippen molar-refractivity contribution in [2.45, 2.75) is 46.3 Å². The molecule has 2 heterocycles. The van der Waals surface area contributed by atoms with E-state index in [1.807, 2.05) is 6.92 Å². The van der Waals surface area contributed by atoms with Crippen molar-refractivity contribution in [3.8, 4) is 11.5 Å². The molecule has 3 aromatic rings. The summed E-state index contributed by atoms with van der Waals surface area (Å²) < 4.78 is 16.8. The first-order valence-electron chi connectivity index (χ1n) is 14.4. The van der Waals surface area contributed by atoms with Gasteiger partial charge in [0.25, 0.3) is 0 Å². The Labute approximate surface area is 256 Å². The van der Waals surface area contributed by atoms with Gasteiger partial charge in [0.1, 0.15) is 29.0 Å². The monoisotopic (exact) mass is 608 g/mol. The lowest BCUT2D eigenvalue weighted by molar-refractivity contribution is -0.134. The number of hydrogen-bond acceptors (Lipinski definition) is 8. The highest BCUT2D eigenvalue weighted by atomic mass is 16.5. The van der Waals surface area contributed by atoms with Crippen LogP contribution in [0.4, 0.5) is 26.7 Å². The first kappa shape index (κ1) is 32.1. The van der Waals surface area contributed by atoms with E-state index in [1.54, 1.807) is 82.3 Å². The second kappa shape index (κ2) is 14.1. The number of nitrogens with one attached hydrogen (secondary N) is 3. The normalized spacial score (nSPS) is 17.2. The van der Waals surface area contributed by atoms with Crippen molar-refractivity contribution >= 4 is 35.0 Å². The molecule has 2 aromatic carbocycles. The van der Waals surface area contributed by atoms with Crippen molar-refractivity contribution in [3.05, 3.63) is 59.5 Å². The van der Waals surface area contributed by atoms with Gasteiger partial charge in [0.2, 0.25) is 5.91 Å². The Bertz CT molecular complexity index is 1460. The number of aliphatic hydroxyl groups is 1. The van der Waals surface area contributed by atoms with Crippen LogP contribution in [-0.4, -0.2) is 84.0 Å². The number of urea groups is 2. The van der Waals surface area contributed by atoms with Crippen molar-refractivity contribution in [2.75, 3.05) is 49.8 Å². The molecule has 1 aliphatic heterocycles. The van der Waals surface area contributed by atoms with E-state index in [2.05, 4.69) is 21.1 Å². The van der Waals surface area contributed by atoms with Crippen LogP contribution in [-0.2, 0) is 11.2 Å². The van der Waals surface area contributed by atoms with Crippen molar-refractivity contribution in [1.29, 1.82) is 0 Å². The number of anilines is 3. The molecule has 1 aliphatic rings. The maximum atomic E-state index is 13.5. The third-order valence-corrected chi connectivity index (χ3v) is 7.59. The quantitative estimate of drug-likeness (QED) is 0.295. The van der Waals surface area contributed by atoms with Gasteiger partial charge in [-0.25, -0.2) is 9.59 Å². The van der Waals surface area contributed by atoms with Gasteiger partial charge in [0, 0.05) is 36.4 Å². The molecule has 44 heavy (non-hydrogen) atoms. The summed E-state index contributed by atoms with van der Waals surface area (Å²) in [6, 6.07) is 10.8. The number of hydrogen-bond donors (Lipinski definition) is 4.